The molecule has 0 saturated carbocycles. The Balaban J connectivity index is 2.82. The van der Waals surface area contributed by atoms with Gasteiger partial charge in [-0.05, 0) is 41.8 Å². The summed E-state index contributed by atoms with van der Waals surface area (Å²) in [5.74, 6) is -0.151. The molecule has 0 atom stereocenters. The third-order valence-corrected chi connectivity index (χ3v) is 3.41. The van der Waals surface area contributed by atoms with Crippen molar-refractivity contribution in [3.63, 3.8) is 0 Å². The molecule has 0 heterocycles. The summed E-state index contributed by atoms with van der Waals surface area (Å²) in [5.41, 5.74) is 3.33. The Morgan fingerprint density at radius 3 is 2.64 bits per heavy atom. The van der Waals surface area contributed by atoms with Crippen LogP contribution in [-0.4, -0.2) is 31.8 Å². The Morgan fingerprint density at radius 2 is 2.00 bits per heavy atom. The average Bonchev–Trinajstić information content (AvgIpc) is 2.61. The minimum absolute atomic E-state index is 0.0385. The van der Waals surface area contributed by atoms with E-state index in [2.05, 4.69) is 18.5 Å². The second-order valence-electron chi connectivity index (χ2n) is 5.34. The molecule has 0 bridgehead atoms. The number of nitrogens with one attached hydrogen (secondary N) is 1. The van der Waals surface area contributed by atoms with Crippen molar-refractivity contribution in [2.24, 2.45) is 0 Å². The first-order valence-corrected chi connectivity index (χ1v) is 7.83. The number of ether oxygens (including phenoxy) is 2. The minimum Gasteiger partial charge on any atom is -0.504 e. The van der Waals surface area contributed by atoms with Gasteiger partial charge in [-0.25, -0.2) is 0 Å². The summed E-state index contributed by atoms with van der Waals surface area (Å²) in [7, 11) is 3.18. The lowest BCUT2D eigenvalue weighted by Crippen LogP contribution is -2.06. The van der Waals surface area contributed by atoms with Crippen molar-refractivity contribution < 1.29 is 19.4 Å². The number of carboxylic acid groups (broad SMARTS) is 1. The first-order chi connectivity index (χ1) is 12.0. The highest BCUT2D eigenvalue weighted by atomic mass is 16.5. The molecule has 0 unspecified atom stereocenters. The van der Waals surface area contributed by atoms with Crippen molar-refractivity contribution in [1.82, 2.24) is 0 Å². The fourth-order valence-corrected chi connectivity index (χ4v) is 2.07. The molecule has 0 radical (unpaired) electrons. The number of anilines is 1. The zero-order chi connectivity index (χ0) is 18.7. The average molecular weight is 343 g/mol. The molecule has 2 N–H and O–H groups in total. The number of allylic oxidation sites excluding steroid dienone is 3. The molecule has 0 aliphatic carbocycles. The van der Waals surface area contributed by atoms with E-state index in [0.29, 0.717) is 18.7 Å². The fraction of sp³-hybridized carbons (Fsp3) is 0.250. The maximum Gasteiger partial charge on any atom is 0.303 e. The van der Waals surface area contributed by atoms with E-state index in [1.54, 1.807) is 26.6 Å². The molecule has 0 fully saturated rings. The van der Waals surface area contributed by atoms with Gasteiger partial charge in [0.05, 0.1) is 20.5 Å². The Kier molecular flexibility index (Phi) is 8.65. The number of carboxylic acids is 1. The zero-order valence-corrected chi connectivity index (χ0v) is 14.7. The fourth-order valence-electron chi connectivity index (χ4n) is 2.07. The highest BCUT2D eigenvalue weighted by molar-refractivity contribution is 5.79. The van der Waals surface area contributed by atoms with Crippen LogP contribution in [-0.2, 0) is 9.53 Å². The summed E-state index contributed by atoms with van der Waals surface area (Å²) in [6.07, 6.45) is 7.48. The van der Waals surface area contributed by atoms with Crippen LogP contribution in [0.1, 0.15) is 18.4 Å². The molecule has 5 nitrogen and oxygen atoms in total. The van der Waals surface area contributed by atoms with Crippen LogP contribution in [0.5, 0.6) is 5.75 Å². The number of hydrogen-bond donors (Lipinski definition) is 2. The summed E-state index contributed by atoms with van der Waals surface area (Å²) in [5, 5.41) is 12.2. The number of benzene rings is 1. The molecule has 0 amide bonds. The van der Waals surface area contributed by atoms with E-state index in [9.17, 15) is 4.79 Å². The van der Waals surface area contributed by atoms with Gasteiger partial charge < -0.3 is 19.9 Å². The Morgan fingerprint density at radius 1 is 1.24 bits per heavy atom. The molecule has 0 aliphatic rings. The van der Waals surface area contributed by atoms with Gasteiger partial charge in [0.15, 0.2) is 0 Å². The van der Waals surface area contributed by atoms with E-state index in [-0.39, 0.29) is 6.42 Å². The molecule has 0 aromatic heterocycles. The van der Waals surface area contributed by atoms with Crippen molar-refractivity contribution in [3.8, 4) is 5.75 Å². The van der Waals surface area contributed by atoms with Gasteiger partial charge in [-0.2, -0.15) is 0 Å². The molecule has 134 valence electrons. The first-order valence-electron chi connectivity index (χ1n) is 7.83. The standard InChI is InChI=1S/C20H25NO4/c1-15(7-5-6-12-24-3)14-21-19-10-9-17(25-4)13-18(19)16(2)8-11-20(22)23/h5-7,9-10,12-13,21H,1-2,8,11,14H2,3-4H3,(H,22,23)/b7-5-,12-6+. The van der Waals surface area contributed by atoms with Crippen LogP contribution in [0.2, 0.25) is 0 Å². The Labute approximate surface area is 149 Å². The van der Waals surface area contributed by atoms with E-state index in [4.69, 9.17) is 14.6 Å². The van der Waals surface area contributed by atoms with Crippen LogP contribution in [0.15, 0.2) is 61.4 Å². The number of aliphatic carboxylic acids is 1. The smallest absolute Gasteiger partial charge is 0.303 e. The Hall–Kier alpha value is -2.95. The predicted octanol–water partition coefficient (Wildman–Crippen LogP) is 4.26. The molecule has 1 aromatic rings. The molecule has 0 saturated heterocycles. The third-order valence-electron chi connectivity index (χ3n) is 3.41. The summed E-state index contributed by atoms with van der Waals surface area (Å²) >= 11 is 0. The Bertz CT molecular complexity index is 674. The SMILES string of the molecule is C=C(/C=C\C=C\OC)CNc1ccc(OC)cc1C(=C)CCC(=O)O. The number of carbonyl (C=O) groups is 1. The lowest BCUT2D eigenvalue weighted by Gasteiger charge is -2.15. The molecule has 0 aliphatic heterocycles. The van der Waals surface area contributed by atoms with Crippen molar-refractivity contribution >= 4 is 17.2 Å². The number of methoxy groups -OCH3 is 2. The second kappa shape index (κ2) is 10.8. The van der Waals surface area contributed by atoms with Crippen molar-refractivity contribution in [2.45, 2.75) is 12.8 Å². The van der Waals surface area contributed by atoms with Crippen LogP contribution >= 0.6 is 0 Å². The van der Waals surface area contributed by atoms with Gasteiger partial charge in [-0.15, -0.1) is 0 Å². The van der Waals surface area contributed by atoms with Gasteiger partial charge in [-0.3, -0.25) is 4.79 Å². The van der Waals surface area contributed by atoms with E-state index in [1.165, 1.54) is 0 Å². The van der Waals surface area contributed by atoms with Crippen LogP contribution in [0, 0.1) is 0 Å². The minimum atomic E-state index is -0.846. The maximum atomic E-state index is 10.8. The lowest BCUT2D eigenvalue weighted by atomic mass is 10.0. The van der Waals surface area contributed by atoms with Crippen LogP contribution < -0.4 is 10.1 Å². The van der Waals surface area contributed by atoms with Crippen LogP contribution in [0.3, 0.4) is 0 Å². The molecule has 1 aromatic carbocycles. The molecule has 25 heavy (non-hydrogen) atoms. The van der Waals surface area contributed by atoms with Crippen molar-refractivity contribution in [3.05, 3.63) is 67.0 Å². The maximum absolute atomic E-state index is 10.8. The molecule has 1 rings (SSSR count). The summed E-state index contributed by atoms with van der Waals surface area (Å²) in [6.45, 7) is 8.54. The van der Waals surface area contributed by atoms with Crippen LogP contribution in [0.4, 0.5) is 5.69 Å². The van der Waals surface area contributed by atoms with Crippen molar-refractivity contribution in [2.75, 3.05) is 26.1 Å². The molecular weight excluding hydrogens is 318 g/mol. The monoisotopic (exact) mass is 343 g/mol. The quantitative estimate of drug-likeness (QED) is 0.464. The number of rotatable bonds is 11. The van der Waals surface area contributed by atoms with Gasteiger partial charge in [0.1, 0.15) is 5.75 Å². The van der Waals surface area contributed by atoms with Gasteiger partial charge in [-0.1, -0.05) is 25.3 Å². The summed E-state index contributed by atoms with van der Waals surface area (Å²) in [6, 6.07) is 5.59. The summed E-state index contributed by atoms with van der Waals surface area (Å²) < 4.78 is 10.1. The molecular formula is C20H25NO4. The second-order valence-corrected chi connectivity index (χ2v) is 5.34. The van der Waals surface area contributed by atoms with Gasteiger partial charge in [0.2, 0.25) is 0 Å². The van der Waals surface area contributed by atoms with E-state index in [0.717, 1.165) is 22.4 Å². The zero-order valence-electron chi connectivity index (χ0n) is 14.7. The summed E-state index contributed by atoms with van der Waals surface area (Å²) in [4.78, 5) is 10.8. The van der Waals surface area contributed by atoms with Gasteiger partial charge in [0.25, 0.3) is 0 Å². The number of hydrogen-bond acceptors (Lipinski definition) is 4. The predicted molar refractivity (Wildman–Crippen MR) is 102 cm³/mol. The highest BCUT2D eigenvalue weighted by Crippen LogP contribution is 2.30. The van der Waals surface area contributed by atoms with Crippen molar-refractivity contribution in [1.29, 1.82) is 0 Å². The third kappa shape index (κ3) is 7.44. The van der Waals surface area contributed by atoms with E-state index in [1.807, 2.05) is 30.4 Å². The normalized spacial score (nSPS) is 10.8. The highest BCUT2D eigenvalue weighted by Gasteiger charge is 2.10. The van der Waals surface area contributed by atoms with E-state index < -0.39 is 5.97 Å². The van der Waals surface area contributed by atoms with Crippen LogP contribution in [0.25, 0.3) is 5.57 Å². The lowest BCUT2D eigenvalue weighted by molar-refractivity contribution is -0.136. The molecule has 5 heteroatoms. The van der Waals surface area contributed by atoms with Gasteiger partial charge in [0, 0.05) is 24.2 Å². The largest absolute Gasteiger partial charge is 0.504 e. The topological polar surface area (TPSA) is 67.8 Å². The van der Waals surface area contributed by atoms with Gasteiger partial charge >= 0.3 is 5.97 Å². The first kappa shape index (κ1) is 20.1. The van der Waals surface area contributed by atoms with E-state index >= 15 is 0 Å². The molecule has 0 spiro atoms.